The second-order valence-corrected chi connectivity index (χ2v) is 5.77. The van der Waals surface area contributed by atoms with E-state index in [1.165, 1.54) is 0 Å². The highest BCUT2D eigenvalue weighted by molar-refractivity contribution is 5.80. The summed E-state index contributed by atoms with van der Waals surface area (Å²) in [5.41, 5.74) is 5.66. The van der Waals surface area contributed by atoms with Gasteiger partial charge in [0.1, 0.15) is 0 Å². The third kappa shape index (κ3) is 5.59. The van der Waals surface area contributed by atoms with Crippen molar-refractivity contribution in [2.75, 3.05) is 19.6 Å². The summed E-state index contributed by atoms with van der Waals surface area (Å²) in [6.07, 6.45) is 3.39. The zero-order chi connectivity index (χ0) is 14.3. The molecule has 0 aromatic heterocycles. The van der Waals surface area contributed by atoms with Crippen molar-refractivity contribution in [2.24, 2.45) is 23.5 Å². The molecule has 0 saturated heterocycles. The van der Waals surface area contributed by atoms with Gasteiger partial charge in [0.05, 0.1) is 0 Å². The molecule has 2 amide bonds. The molecule has 4 N–H and O–H groups in total. The number of carbonyl (C=O) groups excluding carboxylic acids is 2. The maximum absolute atomic E-state index is 12.0. The topological polar surface area (TPSA) is 84.2 Å². The molecule has 1 saturated carbocycles. The van der Waals surface area contributed by atoms with Crippen molar-refractivity contribution in [2.45, 2.75) is 39.5 Å². The molecule has 1 aliphatic carbocycles. The first-order chi connectivity index (χ1) is 9.04. The van der Waals surface area contributed by atoms with Gasteiger partial charge < -0.3 is 16.4 Å². The van der Waals surface area contributed by atoms with Crippen molar-refractivity contribution in [3.05, 3.63) is 0 Å². The monoisotopic (exact) mass is 269 g/mol. The van der Waals surface area contributed by atoms with Gasteiger partial charge in [-0.3, -0.25) is 9.59 Å². The van der Waals surface area contributed by atoms with E-state index in [2.05, 4.69) is 24.5 Å². The molecular weight excluding hydrogens is 242 g/mol. The van der Waals surface area contributed by atoms with Crippen LogP contribution in [0, 0.1) is 17.8 Å². The SMILES string of the molecule is CC(C)CNC(=O)CCNC(=O)C1CCCC1CN. The van der Waals surface area contributed by atoms with Gasteiger partial charge in [0.15, 0.2) is 0 Å². The molecule has 1 fully saturated rings. The molecule has 0 bridgehead atoms. The molecule has 0 spiro atoms. The van der Waals surface area contributed by atoms with Crippen molar-refractivity contribution in [1.82, 2.24) is 10.6 Å². The van der Waals surface area contributed by atoms with Crippen LogP contribution in [0.4, 0.5) is 0 Å². The average Bonchev–Trinajstić information content (AvgIpc) is 2.84. The van der Waals surface area contributed by atoms with Crippen LogP contribution < -0.4 is 16.4 Å². The predicted molar refractivity (Wildman–Crippen MR) is 75.4 cm³/mol. The Labute approximate surface area is 115 Å². The minimum atomic E-state index is -0.00389. The molecule has 0 aromatic rings. The van der Waals surface area contributed by atoms with Crippen LogP contribution in [0.2, 0.25) is 0 Å². The first kappa shape index (κ1) is 16.0. The smallest absolute Gasteiger partial charge is 0.223 e. The number of nitrogens with one attached hydrogen (secondary N) is 2. The number of nitrogens with two attached hydrogens (primary N) is 1. The van der Waals surface area contributed by atoms with Gasteiger partial charge in [-0.1, -0.05) is 20.3 Å². The summed E-state index contributed by atoms with van der Waals surface area (Å²) in [4.78, 5) is 23.5. The number of rotatable bonds is 7. The van der Waals surface area contributed by atoms with Crippen LogP contribution in [0.25, 0.3) is 0 Å². The van der Waals surface area contributed by atoms with Crippen molar-refractivity contribution in [3.63, 3.8) is 0 Å². The van der Waals surface area contributed by atoms with Crippen molar-refractivity contribution < 1.29 is 9.59 Å². The molecule has 1 aliphatic rings. The second-order valence-electron chi connectivity index (χ2n) is 5.77. The lowest BCUT2D eigenvalue weighted by Gasteiger charge is -2.17. The molecule has 0 aliphatic heterocycles. The van der Waals surface area contributed by atoms with Gasteiger partial charge in [0.2, 0.25) is 11.8 Å². The normalized spacial score (nSPS) is 22.5. The van der Waals surface area contributed by atoms with Crippen molar-refractivity contribution >= 4 is 11.8 Å². The molecule has 110 valence electrons. The maximum atomic E-state index is 12.0. The Kier molecular flexibility index (Phi) is 6.84. The van der Waals surface area contributed by atoms with Gasteiger partial charge in [0.25, 0.3) is 0 Å². The van der Waals surface area contributed by atoms with Gasteiger partial charge >= 0.3 is 0 Å². The molecule has 0 aromatic carbocycles. The van der Waals surface area contributed by atoms with E-state index in [-0.39, 0.29) is 17.7 Å². The fourth-order valence-electron chi connectivity index (χ4n) is 2.50. The Balaban J connectivity index is 2.18. The average molecular weight is 269 g/mol. The summed E-state index contributed by atoms with van der Waals surface area (Å²) in [6.45, 7) is 5.78. The van der Waals surface area contributed by atoms with Crippen LogP contribution in [0.3, 0.4) is 0 Å². The molecular formula is C14H27N3O2. The fraction of sp³-hybridized carbons (Fsp3) is 0.857. The summed E-state index contributed by atoms with van der Waals surface area (Å²) < 4.78 is 0. The van der Waals surface area contributed by atoms with Gasteiger partial charge in [-0.25, -0.2) is 0 Å². The lowest BCUT2D eigenvalue weighted by molar-refractivity contribution is -0.126. The standard InChI is InChI=1S/C14H27N3O2/c1-10(2)9-17-13(18)6-7-16-14(19)12-5-3-4-11(12)8-15/h10-12H,3-9,15H2,1-2H3,(H,16,19)(H,17,18). The number of amides is 2. The first-order valence-corrected chi connectivity index (χ1v) is 7.29. The highest BCUT2D eigenvalue weighted by Crippen LogP contribution is 2.30. The van der Waals surface area contributed by atoms with Crippen molar-refractivity contribution in [1.29, 1.82) is 0 Å². The van der Waals surface area contributed by atoms with Crippen LogP contribution in [-0.2, 0) is 9.59 Å². The fourth-order valence-corrected chi connectivity index (χ4v) is 2.50. The summed E-state index contributed by atoms with van der Waals surface area (Å²) in [7, 11) is 0. The van der Waals surface area contributed by atoms with E-state index < -0.39 is 0 Å². The molecule has 5 nitrogen and oxygen atoms in total. The van der Waals surface area contributed by atoms with Gasteiger partial charge in [-0.05, 0) is 31.2 Å². The zero-order valence-electron chi connectivity index (χ0n) is 12.1. The molecule has 2 unspecified atom stereocenters. The predicted octanol–water partition coefficient (Wildman–Crippen LogP) is 0.640. The highest BCUT2D eigenvalue weighted by Gasteiger charge is 2.31. The molecule has 5 heteroatoms. The Morgan fingerprint density at radius 2 is 2.00 bits per heavy atom. The van der Waals surface area contributed by atoms with Crippen LogP contribution in [0.1, 0.15) is 39.5 Å². The third-order valence-electron chi connectivity index (χ3n) is 3.66. The number of hydrogen-bond donors (Lipinski definition) is 3. The van der Waals surface area contributed by atoms with E-state index in [1.54, 1.807) is 0 Å². The van der Waals surface area contributed by atoms with Crippen LogP contribution in [-0.4, -0.2) is 31.4 Å². The van der Waals surface area contributed by atoms with Gasteiger partial charge in [-0.2, -0.15) is 0 Å². The largest absolute Gasteiger partial charge is 0.356 e. The minimum Gasteiger partial charge on any atom is -0.356 e. The Morgan fingerprint density at radius 1 is 1.26 bits per heavy atom. The van der Waals surface area contributed by atoms with Crippen LogP contribution in [0.5, 0.6) is 0 Å². The van der Waals surface area contributed by atoms with Crippen LogP contribution >= 0.6 is 0 Å². The Morgan fingerprint density at radius 3 is 2.63 bits per heavy atom. The minimum absolute atomic E-state index is 0.00389. The lowest BCUT2D eigenvalue weighted by Crippen LogP contribution is -2.37. The summed E-state index contributed by atoms with van der Waals surface area (Å²) in [5, 5.41) is 5.69. The van der Waals surface area contributed by atoms with E-state index in [1.807, 2.05) is 0 Å². The molecule has 19 heavy (non-hydrogen) atoms. The van der Waals surface area contributed by atoms with E-state index in [4.69, 9.17) is 5.73 Å². The molecule has 0 heterocycles. The van der Waals surface area contributed by atoms with Crippen LogP contribution in [0.15, 0.2) is 0 Å². The Hall–Kier alpha value is -1.10. The highest BCUT2D eigenvalue weighted by atomic mass is 16.2. The zero-order valence-corrected chi connectivity index (χ0v) is 12.1. The van der Waals surface area contributed by atoms with E-state index in [9.17, 15) is 9.59 Å². The lowest BCUT2D eigenvalue weighted by atomic mass is 9.95. The van der Waals surface area contributed by atoms with Gasteiger partial charge in [-0.15, -0.1) is 0 Å². The summed E-state index contributed by atoms with van der Waals surface area (Å²) in [6, 6.07) is 0. The molecule has 2 atom stereocenters. The summed E-state index contributed by atoms with van der Waals surface area (Å²) in [5.74, 6) is 0.862. The van der Waals surface area contributed by atoms with Crippen molar-refractivity contribution in [3.8, 4) is 0 Å². The maximum Gasteiger partial charge on any atom is 0.223 e. The number of hydrogen-bond acceptors (Lipinski definition) is 3. The van der Waals surface area contributed by atoms with E-state index in [0.717, 1.165) is 19.3 Å². The third-order valence-corrected chi connectivity index (χ3v) is 3.66. The molecule has 0 radical (unpaired) electrons. The summed E-state index contributed by atoms with van der Waals surface area (Å²) >= 11 is 0. The number of carbonyl (C=O) groups is 2. The van der Waals surface area contributed by atoms with E-state index in [0.29, 0.717) is 37.9 Å². The molecule has 1 rings (SSSR count). The quantitative estimate of drug-likeness (QED) is 0.634. The Bertz CT molecular complexity index is 305. The van der Waals surface area contributed by atoms with E-state index >= 15 is 0 Å². The first-order valence-electron chi connectivity index (χ1n) is 7.29. The second kappa shape index (κ2) is 8.15. The van der Waals surface area contributed by atoms with Gasteiger partial charge in [0, 0.05) is 25.4 Å².